The van der Waals surface area contributed by atoms with Crippen LogP contribution in [0.2, 0.25) is 0 Å². The molecule has 2 atom stereocenters. The first kappa shape index (κ1) is 19.1. The van der Waals surface area contributed by atoms with Gasteiger partial charge in [-0.2, -0.15) is 0 Å². The zero-order valence-electron chi connectivity index (χ0n) is 15.5. The molecule has 0 aromatic heterocycles. The highest BCUT2D eigenvalue weighted by Gasteiger charge is 2.38. The molecule has 1 aliphatic rings. The van der Waals surface area contributed by atoms with Gasteiger partial charge >= 0.3 is 12.1 Å². The number of rotatable bonds is 3. The van der Waals surface area contributed by atoms with E-state index in [4.69, 9.17) is 15.2 Å². The third-order valence-electron chi connectivity index (χ3n) is 4.19. The fourth-order valence-electron chi connectivity index (χ4n) is 3.10. The minimum atomic E-state index is -0.554. The highest BCUT2D eigenvalue weighted by Crippen LogP contribution is 2.34. The van der Waals surface area contributed by atoms with Gasteiger partial charge in [0.25, 0.3) is 0 Å². The van der Waals surface area contributed by atoms with Gasteiger partial charge in [-0.1, -0.05) is 12.1 Å². The number of piperidine rings is 1. The third-order valence-corrected chi connectivity index (χ3v) is 4.19. The van der Waals surface area contributed by atoms with Gasteiger partial charge in [-0.15, -0.1) is 0 Å². The second-order valence-electron chi connectivity index (χ2n) is 7.35. The Morgan fingerprint density at radius 2 is 2.04 bits per heavy atom. The summed E-state index contributed by atoms with van der Waals surface area (Å²) in [4.78, 5) is 26.5. The van der Waals surface area contributed by atoms with Crippen LogP contribution in [-0.4, -0.2) is 42.3 Å². The summed E-state index contributed by atoms with van der Waals surface area (Å²) in [6, 6.07) is 7.46. The number of anilines is 1. The van der Waals surface area contributed by atoms with Gasteiger partial charge in [-0.3, -0.25) is 4.79 Å². The normalized spacial score (nSPS) is 20.9. The molecule has 0 radical (unpaired) electrons. The van der Waals surface area contributed by atoms with Gasteiger partial charge in [-0.05, 0) is 51.8 Å². The molecule has 0 spiro atoms. The van der Waals surface area contributed by atoms with Crippen molar-refractivity contribution in [2.24, 2.45) is 5.92 Å². The smallest absolute Gasteiger partial charge is 0.410 e. The number of amides is 1. The lowest BCUT2D eigenvalue weighted by molar-refractivity contribution is -0.150. The van der Waals surface area contributed by atoms with Crippen molar-refractivity contribution in [3.05, 3.63) is 29.8 Å². The summed E-state index contributed by atoms with van der Waals surface area (Å²) in [6.45, 7) is 8.53. The molecule has 1 aromatic rings. The fraction of sp³-hybridized carbons (Fsp3) is 0.579. The molecule has 1 saturated heterocycles. The highest BCUT2D eigenvalue weighted by molar-refractivity contribution is 5.75. The molecule has 1 aliphatic heterocycles. The molecule has 1 aromatic carbocycles. The maximum atomic E-state index is 12.4. The minimum absolute atomic E-state index is 0.163. The van der Waals surface area contributed by atoms with Crippen LogP contribution in [0.4, 0.5) is 10.5 Å². The van der Waals surface area contributed by atoms with Crippen molar-refractivity contribution in [3.8, 4) is 0 Å². The van der Waals surface area contributed by atoms with Crippen LogP contribution in [0.5, 0.6) is 0 Å². The first-order valence-electron chi connectivity index (χ1n) is 8.71. The Kier molecular flexibility index (Phi) is 5.93. The van der Waals surface area contributed by atoms with Crippen molar-refractivity contribution >= 4 is 17.7 Å². The molecule has 25 heavy (non-hydrogen) atoms. The SMILES string of the molecule is CCOC(=O)[C@@H]1CCN(C(=O)OC(C)(C)C)C[C@H]1c1cccc(N)c1. The van der Waals surface area contributed by atoms with E-state index in [0.717, 1.165) is 5.56 Å². The molecular formula is C19H28N2O4. The van der Waals surface area contributed by atoms with Crippen molar-refractivity contribution in [1.82, 2.24) is 4.90 Å². The van der Waals surface area contributed by atoms with Gasteiger partial charge in [0.05, 0.1) is 12.5 Å². The van der Waals surface area contributed by atoms with Crippen LogP contribution in [0.1, 0.15) is 45.6 Å². The predicted octanol–water partition coefficient (Wildman–Crippen LogP) is 3.17. The number of nitrogen functional groups attached to an aromatic ring is 1. The number of ether oxygens (including phenoxy) is 2. The second kappa shape index (κ2) is 7.76. The summed E-state index contributed by atoms with van der Waals surface area (Å²) in [5.74, 6) is -0.678. The molecule has 138 valence electrons. The molecule has 1 amide bonds. The molecule has 1 heterocycles. The molecule has 0 bridgehead atoms. The van der Waals surface area contributed by atoms with E-state index in [2.05, 4.69) is 0 Å². The monoisotopic (exact) mass is 348 g/mol. The van der Waals surface area contributed by atoms with Gasteiger partial charge < -0.3 is 20.1 Å². The lowest BCUT2D eigenvalue weighted by Crippen LogP contribution is -2.47. The largest absolute Gasteiger partial charge is 0.466 e. The number of benzene rings is 1. The maximum absolute atomic E-state index is 12.4. The third kappa shape index (κ3) is 5.11. The molecule has 1 fully saturated rings. The van der Waals surface area contributed by atoms with Crippen LogP contribution >= 0.6 is 0 Å². The van der Waals surface area contributed by atoms with Gasteiger partial charge in [-0.25, -0.2) is 4.79 Å². The summed E-state index contributed by atoms with van der Waals surface area (Å²) in [5.41, 5.74) is 6.92. The van der Waals surface area contributed by atoms with E-state index in [1.54, 1.807) is 17.9 Å². The average Bonchev–Trinajstić information content (AvgIpc) is 2.53. The quantitative estimate of drug-likeness (QED) is 0.670. The average molecular weight is 348 g/mol. The summed E-state index contributed by atoms with van der Waals surface area (Å²) in [7, 11) is 0. The van der Waals surface area contributed by atoms with Crippen LogP contribution < -0.4 is 5.73 Å². The molecular weight excluding hydrogens is 320 g/mol. The predicted molar refractivity (Wildman–Crippen MR) is 96.1 cm³/mol. The van der Waals surface area contributed by atoms with Crippen LogP contribution in [0, 0.1) is 5.92 Å². The van der Waals surface area contributed by atoms with Crippen LogP contribution in [0.15, 0.2) is 24.3 Å². The molecule has 0 aliphatic carbocycles. The Labute approximate surface area is 149 Å². The van der Waals surface area contributed by atoms with Crippen molar-refractivity contribution < 1.29 is 19.1 Å². The van der Waals surface area contributed by atoms with E-state index in [1.807, 2.05) is 39.0 Å². The molecule has 2 N–H and O–H groups in total. The topological polar surface area (TPSA) is 81.9 Å². The molecule has 2 rings (SSSR count). The Hall–Kier alpha value is -2.24. The first-order valence-corrected chi connectivity index (χ1v) is 8.71. The van der Waals surface area contributed by atoms with Crippen molar-refractivity contribution in [2.45, 2.75) is 45.6 Å². The van der Waals surface area contributed by atoms with E-state index in [1.165, 1.54) is 0 Å². The van der Waals surface area contributed by atoms with E-state index in [9.17, 15) is 9.59 Å². The van der Waals surface area contributed by atoms with Gasteiger partial charge in [0.15, 0.2) is 0 Å². The van der Waals surface area contributed by atoms with E-state index < -0.39 is 5.60 Å². The van der Waals surface area contributed by atoms with Crippen molar-refractivity contribution in [3.63, 3.8) is 0 Å². The zero-order chi connectivity index (χ0) is 18.6. The van der Waals surface area contributed by atoms with Gasteiger partial charge in [0.1, 0.15) is 5.60 Å². The number of nitrogens with two attached hydrogens (primary N) is 1. The first-order chi connectivity index (χ1) is 11.7. The Morgan fingerprint density at radius 3 is 2.64 bits per heavy atom. The Bertz CT molecular complexity index is 624. The van der Waals surface area contributed by atoms with E-state index in [0.29, 0.717) is 31.8 Å². The van der Waals surface area contributed by atoms with Crippen molar-refractivity contribution in [2.75, 3.05) is 25.4 Å². The van der Waals surface area contributed by atoms with E-state index >= 15 is 0 Å². The molecule has 6 nitrogen and oxygen atoms in total. The summed E-state index contributed by atoms with van der Waals surface area (Å²) >= 11 is 0. The fourth-order valence-corrected chi connectivity index (χ4v) is 3.10. The number of hydrogen-bond donors (Lipinski definition) is 1. The number of carbonyl (C=O) groups excluding carboxylic acids is 2. The number of esters is 1. The van der Waals surface area contributed by atoms with Gasteiger partial charge in [0, 0.05) is 24.7 Å². The molecule has 6 heteroatoms. The number of nitrogens with zero attached hydrogens (tertiary/aromatic N) is 1. The summed E-state index contributed by atoms with van der Waals surface area (Å²) in [6.07, 6.45) is 0.182. The van der Waals surface area contributed by atoms with E-state index in [-0.39, 0.29) is 23.9 Å². The lowest BCUT2D eigenvalue weighted by atomic mass is 9.80. The summed E-state index contributed by atoms with van der Waals surface area (Å²) < 4.78 is 10.7. The van der Waals surface area contributed by atoms with Crippen LogP contribution in [-0.2, 0) is 14.3 Å². The summed E-state index contributed by atoms with van der Waals surface area (Å²) in [5, 5.41) is 0. The lowest BCUT2D eigenvalue weighted by Gasteiger charge is -2.38. The van der Waals surface area contributed by atoms with Crippen LogP contribution in [0.3, 0.4) is 0 Å². The highest BCUT2D eigenvalue weighted by atomic mass is 16.6. The Balaban J connectivity index is 2.23. The standard InChI is InChI=1S/C19H28N2O4/c1-5-24-17(22)15-9-10-21(18(23)25-19(2,3)4)12-16(15)13-7-6-8-14(20)11-13/h6-8,11,15-16H,5,9-10,12,20H2,1-4H3/t15-,16+/m1/s1. The maximum Gasteiger partial charge on any atom is 0.410 e. The molecule has 0 saturated carbocycles. The minimum Gasteiger partial charge on any atom is -0.466 e. The van der Waals surface area contributed by atoms with Gasteiger partial charge in [0.2, 0.25) is 0 Å². The molecule has 0 unspecified atom stereocenters. The number of likely N-dealkylation sites (tertiary alicyclic amines) is 1. The number of hydrogen-bond acceptors (Lipinski definition) is 5. The Morgan fingerprint density at radius 1 is 1.32 bits per heavy atom. The van der Waals surface area contributed by atoms with Crippen LogP contribution in [0.25, 0.3) is 0 Å². The second-order valence-corrected chi connectivity index (χ2v) is 7.35. The van der Waals surface area contributed by atoms with Crippen molar-refractivity contribution in [1.29, 1.82) is 0 Å². The zero-order valence-corrected chi connectivity index (χ0v) is 15.5. The number of carbonyl (C=O) groups is 2.